The number of nitrogens with one attached hydrogen (secondary N) is 1. The lowest BCUT2D eigenvalue weighted by atomic mass is 9.96. The lowest BCUT2D eigenvalue weighted by Crippen LogP contribution is -2.69. The van der Waals surface area contributed by atoms with Gasteiger partial charge in [-0.2, -0.15) is 4.99 Å². The summed E-state index contributed by atoms with van der Waals surface area (Å²) in [4.78, 5) is 55.1. The summed E-state index contributed by atoms with van der Waals surface area (Å²) in [5.74, 6) is -0.339. The number of esters is 2. The van der Waals surface area contributed by atoms with Crippen LogP contribution < -0.4 is 4.99 Å². The van der Waals surface area contributed by atoms with E-state index in [9.17, 15) is 19.5 Å². The summed E-state index contributed by atoms with van der Waals surface area (Å²) >= 11 is 0. The number of hydrogen-bond donors (Lipinski definition) is 2. The van der Waals surface area contributed by atoms with Gasteiger partial charge < -0.3 is 19.3 Å². The minimum absolute atomic E-state index is 0.0485. The molecular formula is C35H37N4O7+. The maximum Gasteiger partial charge on any atom is 0.384 e. The van der Waals surface area contributed by atoms with E-state index in [1.165, 1.54) is 21.1 Å². The molecule has 0 atom stereocenters. The van der Waals surface area contributed by atoms with Crippen molar-refractivity contribution in [2.45, 2.75) is 67.2 Å². The van der Waals surface area contributed by atoms with Gasteiger partial charge in [-0.25, -0.2) is 15.0 Å². The molecule has 5 aliphatic rings. The second-order valence-electron chi connectivity index (χ2n) is 11.5. The molecule has 0 amide bonds. The minimum Gasteiger partial charge on any atom is -0.512 e. The number of ketones is 1. The van der Waals surface area contributed by atoms with Crippen LogP contribution in [0.3, 0.4) is 0 Å². The summed E-state index contributed by atoms with van der Waals surface area (Å²) in [5.41, 5.74) is 9.05. The van der Waals surface area contributed by atoms with Crippen molar-refractivity contribution in [3.63, 3.8) is 0 Å². The van der Waals surface area contributed by atoms with Crippen molar-refractivity contribution in [3.05, 3.63) is 91.4 Å². The molecule has 0 aromatic carbocycles. The summed E-state index contributed by atoms with van der Waals surface area (Å²) < 4.78 is 16.1. The SMILES string of the molecule is COC(=O)CCC1=C(C)C2=NC1=CC1=NC(=CC3=C(C)C(=C(C)O)C(=[NH+]3)OC3=NC(=C2)C(C(C)=O)=C3C)C(C)=C1CCC(=O)OC. The van der Waals surface area contributed by atoms with Gasteiger partial charge in [0.25, 0.3) is 0 Å². The van der Waals surface area contributed by atoms with Gasteiger partial charge in [0.1, 0.15) is 11.3 Å². The van der Waals surface area contributed by atoms with Crippen molar-refractivity contribution in [2.24, 2.45) is 15.0 Å². The molecule has 0 spiro atoms. The molecule has 0 radical (unpaired) electrons. The zero-order chi connectivity index (χ0) is 33.4. The van der Waals surface area contributed by atoms with Gasteiger partial charge in [-0.1, -0.05) is 0 Å². The first-order chi connectivity index (χ1) is 21.8. The van der Waals surface area contributed by atoms with Gasteiger partial charge in [-0.15, -0.1) is 0 Å². The molecule has 46 heavy (non-hydrogen) atoms. The molecule has 0 aliphatic carbocycles. The van der Waals surface area contributed by atoms with E-state index in [0.29, 0.717) is 63.8 Å². The van der Waals surface area contributed by atoms with E-state index in [0.717, 1.165) is 27.9 Å². The zero-order valence-corrected chi connectivity index (χ0v) is 27.3. The number of Topliss-reactive ketones (excluding diaryl/α,β-unsaturated/α-hetero) is 1. The highest BCUT2D eigenvalue weighted by molar-refractivity contribution is 6.20. The van der Waals surface area contributed by atoms with E-state index in [2.05, 4.69) is 4.99 Å². The van der Waals surface area contributed by atoms with Crippen molar-refractivity contribution >= 4 is 40.9 Å². The smallest absolute Gasteiger partial charge is 0.384 e. The first-order valence-corrected chi connectivity index (χ1v) is 15.0. The van der Waals surface area contributed by atoms with E-state index >= 15 is 0 Å². The second-order valence-corrected chi connectivity index (χ2v) is 11.5. The molecular weight excluding hydrogens is 588 g/mol. The van der Waals surface area contributed by atoms with E-state index < -0.39 is 0 Å². The average molecular weight is 626 g/mol. The fourth-order valence-corrected chi connectivity index (χ4v) is 5.99. The van der Waals surface area contributed by atoms with Gasteiger partial charge in [0.2, 0.25) is 11.6 Å². The molecule has 0 saturated carbocycles. The van der Waals surface area contributed by atoms with Crippen LogP contribution in [-0.2, 0) is 28.6 Å². The molecule has 11 nitrogen and oxygen atoms in total. The Hall–Kier alpha value is -5.19. The Morgan fingerprint density at radius 1 is 0.761 bits per heavy atom. The molecule has 2 N–H and O–H groups in total. The third kappa shape index (κ3) is 5.92. The van der Waals surface area contributed by atoms with Gasteiger partial charge >= 0.3 is 17.8 Å². The number of allylic oxidation sites excluding steroid dienone is 9. The maximum atomic E-state index is 12.9. The molecule has 0 aromatic rings. The first kappa shape index (κ1) is 32.2. The molecule has 0 unspecified atom stereocenters. The van der Waals surface area contributed by atoms with Crippen molar-refractivity contribution < 1.29 is 38.7 Å². The second kappa shape index (κ2) is 12.7. The van der Waals surface area contributed by atoms with Gasteiger partial charge in [-0.05, 0) is 88.8 Å². The topological polar surface area (TPSA) is 150 Å². The Bertz CT molecular complexity index is 1880. The number of carbonyl (C=O) groups excluding carboxylic acids is 3. The van der Waals surface area contributed by atoms with E-state index in [1.807, 2.05) is 32.9 Å². The highest BCUT2D eigenvalue weighted by atomic mass is 16.5. The number of methoxy groups -OCH3 is 2. The number of aliphatic hydroxyl groups excluding tert-OH is 1. The fraction of sp³-hybridized carbons (Fsp3) is 0.343. The Balaban J connectivity index is 1.77. The Morgan fingerprint density at radius 2 is 1.37 bits per heavy atom. The highest BCUT2D eigenvalue weighted by Crippen LogP contribution is 2.37. The van der Waals surface area contributed by atoms with Crippen LogP contribution in [0.2, 0.25) is 0 Å². The molecule has 0 saturated heterocycles. The number of aliphatic hydroxyl groups is 1. The normalized spacial score (nSPS) is 20.1. The molecule has 8 bridgehead atoms. The highest BCUT2D eigenvalue weighted by Gasteiger charge is 2.37. The van der Waals surface area contributed by atoms with E-state index in [4.69, 9.17) is 29.2 Å². The van der Waals surface area contributed by atoms with Crippen molar-refractivity contribution in [3.8, 4) is 0 Å². The number of ether oxygens (including phenoxy) is 3. The minimum atomic E-state index is -0.349. The van der Waals surface area contributed by atoms with Gasteiger partial charge in [-0.3, -0.25) is 14.4 Å². The predicted molar refractivity (Wildman–Crippen MR) is 173 cm³/mol. The standard InChI is InChI=1S/C35H36N4O7/c1-16-22(9-11-30(42)44-7)27-15-28-23(10-12-31(43)45-8)17(2)25(37-28)14-29-32(20(5)40)19(4)34(39-29)46-35-33(21(6)41)18(3)26(38-35)13-24(16)36-27/h13-15,41H,9-12H2,1-8H3/p+1. The van der Waals surface area contributed by atoms with Crippen LogP contribution in [0.1, 0.15) is 67.2 Å². The molecule has 5 rings (SSSR count). The number of fused-ring (bicyclic) bond motifs is 4. The Labute approximate surface area is 267 Å². The third-order valence-corrected chi connectivity index (χ3v) is 8.56. The number of nitrogens with zero attached hydrogens (tertiary/aromatic N) is 3. The maximum absolute atomic E-state index is 12.9. The van der Waals surface area contributed by atoms with Gasteiger partial charge in [0.05, 0.1) is 48.3 Å². The quantitative estimate of drug-likeness (QED) is 0.320. The first-order valence-electron chi connectivity index (χ1n) is 15.0. The van der Waals surface area contributed by atoms with E-state index in [-0.39, 0.29) is 48.1 Å². The molecule has 11 heteroatoms. The summed E-state index contributed by atoms with van der Waals surface area (Å²) in [7, 11) is 2.71. The summed E-state index contributed by atoms with van der Waals surface area (Å²) in [6.45, 7) is 10.5. The van der Waals surface area contributed by atoms with Crippen LogP contribution in [0.25, 0.3) is 0 Å². The average Bonchev–Trinajstić information content (AvgIpc) is 3.67. The molecule has 5 aliphatic heterocycles. The van der Waals surface area contributed by atoms with Crippen molar-refractivity contribution in [1.82, 2.24) is 0 Å². The zero-order valence-electron chi connectivity index (χ0n) is 27.3. The number of carbonyl (C=O) groups is 3. The van der Waals surface area contributed by atoms with E-state index in [1.54, 1.807) is 19.9 Å². The largest absolute Gasteiger partial charge is 0.512 e. The van der Waals surface area contributed by atoms with Crippen LogP contribution in [0, 0.1) is 0 Å². The molecule has 0 aromatic heterocycles. The van der Waals surface area contributed by atoms with Gasteiger partial charge in [0.15, 0.2) is 5.78 Å². The predicted octanol–water partition coefficient (Wildman–Crippen LogP) is 4.03. The lowest BCUT2D eigenvalue weighted by Gasteiger charge is -2.08. The monoisotopic (exact) mass is 625 g/mol. The van der Waals surface area contributed by atoms with Crippen LogP contribution in [0.15, 0.2) is 106 Å². The lowest BCUT2D eigenvalue weighted by molar-refractivity contribution is -0.396. The van der Waals surface area contributed by atoms with Crippen LogP contribution in [-0.4, -0.2) is 60.3 Å². The molecule has 5 heterocycles. The Kier molecular flexibility index (Phi) is 8.87. The van der Waals surface area contributed by atoms with Gasteiger partial charge in [0, 0.05) is 30.1 Å². The Morgan fingerprint density at radius 3 is 1.98 bits per heavy atom. The van der Waals surface area contributed by atoms with Crippen LogP contribution in [0.5, 0.6) is 0 Å². The number of hydrogen-bond acceptors (Lipinski definition) is 10. The summed E-state index contributed by atoms with van der Waals surface area (Å²) in [6.07, 6.45) is 6.54. The number of rotatable bonds is 7. The van der Waals surface area contributed by atoms with Crippen molar-refractivity contribution in [2.75, 3.05) is 14.2 Å². The third-order valence-electron chi connectivity index (χ3n) is 8.56. The van der Waals surface area contributed by atoms with Crippen LogP contribution >= 0.6 is 0 Å². The fourth-order valence-electron chi connectivity index (χ4n) is 5.99. The molecule has 0 fully saturated rings. The van der Waals surface area contributed by atoms with Crippen molar-refractivity contribution in [1.29, 1.82) is 0 Å². The number of aliphatic imine (C=N–C) groups is 3. The summed E-state index contributed by atoms with van der Waals surface area (Å²) in [5, 5.41) is 10.7. The van der Waals surface area contributed by atoms with Crippen LogP contribution in [0.4, 0.5) is 0 Å². The molecule has 238 valence electrons. The summed E-state index contributed by atoms with van der Waals surface area (Å²) in [6, 6.07) is 0.